The normalized spacial score (nSPS) is 14.5. The van der Waals surface area contributed by atoms with Crippen LogP contribution in [0.4, 0.5) is 0 Å². The van der Waals surface area contributed by atoms with Crippen molar-refractivity contribution in [1.82, 2.24) is 0 Å². The van der Waals surface area contributed by atoms with Gasteiger partial charge in [-0.15, -0.1) is 24.8 Å². The number of halogens is 2. The molecule has 102 valence electrons. The first-order valence-corrected chi connectivity index (χ1v) is 4.69. The molecule has 0 fully saturated rings. The van der Waals surface area contributed by atoms with Crippen molar-refractivity contribution in [3.63, 3.8) is 0 Å². The fourth-order valence-corrected chi connectivity index (χ4v) is 0.916. The van der Waals surface area contributed by atoms with Crippen LogP contribution < -0.4 is 11.5 Å². The summed E-state index contributed by atoms with van der Waals surface area (Å²) < 4.78 is 4.56. The number of hydrogen-bond donors (Lipinski definition) is 2. The molecule has 0 aromatic rings. The molecule has 0 radical (unpaired) electrons. The average molecular weight is 286 g/mol. The van der Waals surface area contributed by atoms with Gasteiger partial charge >= 0.3 is 5.97 Å². The second-order valence-electron chi connectivity index (χ2n) is 3.57. The maximum Gasteiger partial charge on any atom is 0.325 e. The van der Waals surface area contributed by atoms with Gasteiger partial charge in [0, 0.05) is 0 Å². The number of methoxy groups -OCH3 is 1. The van der Waals surface area contributed by atoms with E-state index in [2.05, 4.69) is 9.73 Å². The number of carbonyl (C=O) groups is 1. The number of hydrogen-bond acceptors (Lipinski definition) is 4. The van der Waals surface area contributed by atoms with Gasteiger partial charge in [0.15, 0.2) is 0 Å². The molecule has 0 aliphatic carbocycles. The van der Waals surface area contributed by atoms with Gasteiger partial charge in [0.1, 0.15) is 5.54 Å². The van der Waals surface area contributed by atoms with Gasteiger partial charge in [-0.2, -0.15) is 0 Å². The van der Waals surface area contributed by atoms with Gasteiger partial charge in [-0.1, -0.05) is 12.2 Å². The van der Waals surface area contributed by atoms with E-state index in [1.165, 1.54) is 7.11 Å². The summed E-state index contributed by atoms with van der Waals surface area (Å²) in [5.74, 6) is 0.105. The molecule has 1 atom stereocenters. The molecule has 0 aliphatic heterocycles. The van der Waals surface area contributed by atoms with Crippen LogP contribution in [0, 0.1) is 0 Å². The second-order valence-corrected chi connectivity index (χ2v) is 3.57. The summed E-state index contributed by atoms with van der Waals surface area (Å²) in [6.07, 6.45) is 4.02. The van der Waals surface area contributed by atoms with Crippen LogP contribution >= 0.6 is 24.8 Å². The Morgan fingerprint density at radius 1 is 1.41 bits per heavy atom. The molecule has 0 bridgehead atoms. The Bertz CT molecular complexity index is 275. The van der Waals surface area contributed by atoms with Crippen molar-refractivity contribution in [1.29, 1.82) is 0 Å². The van der Waals surface area contributed by atoms with E-state index >= 15 is 0 Å². The summed E-state index contributed by atoms with van der Waals surface area (Å²) in [5, 5.41) is 0. The van der Waals surface area contributed by atoms with Crippen LogP contribution in [0.5, 0.6) is 0 Å². The summed E-state index contributed by atoms with van der Waals surface area (Å²) in [5.41, 5.74) is 10.1. The smallest absolute Gasteiger partial charge is 0.325 e. The SMILES string of the molecule is COC(=O)C(C)(N)C/C=C/CN=C(C)N.Cl.Cl. The maximum absolute atomic E-state index is 11.2. The summed E-state index contributed by atoms with van der Waals surface area (Å²) in [7, 11) is 1.32. The fourth-order valence-electron chi connectivity index (χ4n) is 0.916. The van der Waals surface area contributed by atoms with Gasteiger partial charge in [-0.3, -0.25) is 9.79 Å². The van der Waals surface area contributed by atoms with Gasteiger partial charge in [-0.05, 0) is 20.3 Å². The lowest BCUT2D eigenvalue weighted by molar-refractivity contribution is -0.146. The number of nitrogens with zero attached hydrogens (tertiary/aromatic N) is 1. The molecule has 0 aromatic heterocycles. The van der Waals surface area contributed by atoms with Crippen LogP contribution in [0.1, 0.15) is 20.3 Å². The van der Waals surface area contributed by atoms with Crippen LogP contribution in [-0.4, -0.2) is 31.0 Å². The minimum absolute atomic E-state index is 0. The zero-order valence-electron chi connectivity index (χ0n) is 10.3. The first-order chi connectivity index (χ1) is 6.90. The molecule has 0 spiro atoms. The van der Waals surface area contributed by atoms with Crippen molar-refractivity contribution in [3.8, 4) is 0 Å². The highest BCUT2D eigenvalue weighted by Crippen LogP contribution is 2.08. The molecule has 0 rings (SSSR count). The lowest BCUT2D eigenvalue weighted by Crippen LogP contribution is -2.45. The Morgan fingerprint density at radius 3 is 2.35 bits per heavy atom. The number of aliphatic imine (C=N–C) groups is 1. The highest BCUT2D eigenvalue weighted by Gasteiger charge is 2.27. The Kier molecular flexibility index (Phi) is 13.1. The number of nitrogens with two attached hydrogens (primary N) is 2. The molecule has 0 saturated carbocycles. The van der Waals surface area contributed by atoms with E-state index in [1.54, 1.807) is 19.9 Å². The second kappa shape index (κ2) is 10.4. The van der Waals surface area contributed by atoms with Gasteiger partial charge < -0.3 is 16.2 Å². The summed E-state index contributed by atoms with van der Waals surface area (Å²) in [6, 6.07) is 0. The van der Waals surface area contributed by atoms with Crippen LogP contribution in [0.3, 0.4) is 0 Å². The Morgan fingerprint density at radius 2 is 1.94 bits per heavy atom. The molecule has 5 nitrogen and oxygen atoms in total. The molecular weight excluding hydrogens is 265 g/mol. The van der Waals surface area contributed by atoms with Crippen LogP contribution in [-0.2, 0) is 9.53 Å². The maximum atomic E-state index is 11.2. The highest BCUT2D eigenvalue weighted by molar-refractivity contribution is 5.85. The predicted octanol–water partition coefficient (Wildman–Crippen LogP) is 1.04. The van der Waals surface area contributed by atoms with E-state index in [0.29, 0.717) is 18.8 Å². The third-order valence-electron chi connectivity index (χ3n) is 1.81. The van der Waals surface area contributed by atoms with Gasteiger partial charge in [-0.25, -0.2) is 0 Å². The monoisotopic (exact) mass is 285 g/mol. The van der Waals surface area contributed by atoms with Crippen LogP contribution in [0.25, 0.3) is 0 Å². The molecule has 0 aromatic carbocycles. The number of ether oxygens (including phenoxy) is 1. The summed E-state index contributed by atoms with van der Waals surface area (Å²) in [6.45, 7) is 3.84. The van der Waals surface area contributed by atoms with E-state index in [0.717, 1.165) is 0 Å². The van der Waals surface area contributed by atoms with Gasteiger partial charge in [0.25, 0.3) is 0 Å². The van der Waals surface area contributed by atoms with E-state index in [4.69, 9.17) is 11.5 Å². The summed E-state index contributed by atoms with van der Waals surface area (Å²) in [4.78, 5) is 15.1. The molecule has 0 saturated heterocycles. The third kappa shape index (κ3) is 10.1. The van der Waals surface area contributed by atoms with Crippen molar-refractivity contribution < 1.29 is 9.53 Å². The fraction of sp³-hybridized carbons (Fsp3) is 0.600. The Labute approximate surface area is 114 Å². The number of carbonyl (C=O) groups excluding carboxylic acids is 1. The minimum atomic E-state index is -0.979. The third-order valence-corrected chi connectivity index (χ3v) is 1.81. The van der Waals surface area contributed by atoms with E-state index in [1.807, 2.05) is 6.08 Å². The van der Waals surface area contributed by atoms with Crippen molar-refractivity contribution in [2.24, 2.45) is 16.5 Å². The molecular formula is C10H21Cl2N3O2. The quantitative estimate of drug-likeness (QED) is 0.342. The number of rotatable bonds is 5. The number of esters is 1. The largest absolute Gasteiger partial charge is 0.468 e. The predicted molar refractivity (Wildman–Crippen MR) is 75.0 cm³/mol. The topological polar surface area (TPSA) is 90.7 Å². The van der Waals surface area contributed by atoms with E-state index < -0.39 is 11.5 Å². The standard InChI is InChI=1S/C10H19N3O2.2ClH/c1-8(11)13-7-5-4-6-10(2,12)9(14)15-3;;/h4-5H,6-7,12H2,1-3H3,(H2,11,13);2*1H/b5-4+;;. The van der Waals surface area contributed by atoms with Crippen molar-refractivity contribution >= 4 is 36.6 Å². The van der Waals surface area contributed by atoms with E-state index in [9.17, 15) is 4.79 Å². The Hall–Kier alpha value is -0.780. The van der Waals surface area contributed by atoms with Gasteiger partial charge in [0.05, 0.1) is 19.5 Å². The van der Waals surface area contributed by atoms with Crippen LogP contribution in [0.2, 0.25) is 0 Å². The molecule has 4 N–H and O–H groups in total. The van der Waals surface area contributed by atoms with Crippen molar-refractivity contribution in [2.75, 3.05) is 13.7 Å². The Balaban J connectivity index is -0.000000980. The zero-order valence-corrected chi connectivity index (χ0v) is 11.9. The minimum Gasteiger partial charge on any atom is -0.468 e. The van der Waals surface area contributed by atoms with Crippen LogP contribution in [0.15, 0.2) is 17.1 Å². The first kappa shape index (κ1) is 21.5. The molecule has 0 amide bonds. The molecule has 0 heterocycles. The molecule has 17 heavy (non-hydrogen) atoms. The van der Waals surface area contributed by atoms with Crippen molar-refractivity contribution in [3.05, 3.63) is 12.2 Å². The van der Waals surface area contributed by atoms with E-state index in [-0.39, 0.29) is 24.8 Å². The molecule has 0 aliphatic rings. The lowest BCUT2D eigenvalue weighted by atomic mass is 9.99. The molecule has 1 unspecified atom stereocenters. The van der Waals surface area contributed by atoms with Crippen molar-refractivity contribution in [2.45, 2.75) is 25.8 Å². The molecule has 7 heteroatoms. The van der Waals surface area contributed by atoms with Gasteiger partial charge in [0.2, 0.25) is 0 Å². The number of amidine groups is 1. The zero-order chi connectivity index (χ0) is 11.9. The average Bonchev–Trinajstić information content (AvgIpc) is 2.15. The first-order valence-electron chi connectivity index (χ1n) is 4.69. The lowest BCUT2D eigenvalue weighted by Gasteiger charge is -2.18. The summed E-state index contributed by atoms with van der Waals surface area (Å²) >= 11 is 0. The highest BCUT2D eigenvalue weighted by atomic mass is 35.5.